The van der Waals surface area contributed by atoms with Gasteiger partial charge in [0, 0.05) is 12.1 Å². The molecule has 1 aromatic carbocycles. The summed E-state index contributed by atoms with van der Waals surface area (Å²) in [5.41, 5.74) is 0.818. The maximum absolute atomic E-state index is 11.6. The van der Waals surface area contributed by atoms with Gasteiger partial charge in [-0.05, 0) is 38.2 Å². The van der Waals surface area contributed by atoms with E-state index in [2.05, 4.69) is 15.4 Å². The standard InChI is InChI=1S/C11H18N4O3S/c1-13-7-3-6-11(16)14-9-4-2-5-10(8-9)15-19(12,17)18/h2,4-5,8,13,15H,3,6-7H2,1H3,(H,14,16)(H2,12,17,18). The number of hydrogen-bond acceptors (Lipinski definition) is 4. The SMILES string of the molecule is CNCCCC(=O)Nc1cccc(NS(N)(=O)=O)c1. The first kappa shape index (κ1) is 15.4. The lowest BCUT2D eigenvalue weighted by Crippen LogP contribution is -2.21. The lowest BCUT2D eigenvalue weighted by Gasteiger charge is -2.08. The molecule has 0 aromatic heterocycles. The fourth-order valence-electron chi connectivity index (χ4n) is 1.47. The minimum atomic E-state index is -3.81. The summed E-state index contributed by atoms with van der Waals surface area (Å²) in [7, 11) is -1.99. The van der Waals surface area contributed by atoms with Crippen LogP contribution in [0.1, 0.15) is 12.8 Å². The number of anilines is 2. The number of benzene rings is 1. The van der Waals surface area contributed by atoms with Gasteiger partial charge in [-0.3, -0.25) is 9.52 Å². The summed E-state index contributed by atoms with van der Waals surface area (Å²) >= 11 is 0. The van der Waals surface area contributed by atoms with Crippen molar-refractivity contribution in [1.29, 1.82) is 0 Å². The molecular weight excluding hydrogens is 268 g/mol. The van der Waals surface area contributed by atoms with Crippen LogP contribution in [0.2, 0.25) is 0 Å². The van der Waals surface area contributed by atoms with Crippen molar-refractivity contribution in [3.8, 4) is 0 Å². The fraction of sp³-hybridized carbons (Fsp3) is 0.364. The van der Waals surface area contributed by atoms with Crippen LogP contribution >= 0.6 is 0 Å². The van der Waals surface area contributed by atoms with Crippen molar-refractivity contribution < 1.29 is 13.2 Å². The molecule has 0 spiro atoms. The molecule has 5 N–H and O–H groups in total. The van der Waals surface area contributed by atoms with Crippen LogP contribution in [0.3, 0.4) is 0 Å². The third kappa shape index (κ3) is 6.75. The Morgan fingerprint density at radius 1 is 1.32 bits per heavy atom. The molecule has 7 nitrogen and oxygen atoms in total. The van der Waals surface area contributed by atoms with Gasteiger partial charge in [0.05, 0.1) is 5.69 Å². The molecule has 0 saturated heterocycles. The average molecular weight is 286 g/mol. The van der Waals surface area contributed by atoms with Gasteiger partial charge in [0.1, 0.15) is 0 Å². The zero-order valence-corrected chi connectivity index (χ0v) is 11.5. The summed E-state index contributed by atoms with van der Waals surface area (Å²) in [5.74, 6) is -0.122. The predicted octanol–water partition coefficient (Wildman–Crippen LogP) is 0.240. The summed E-state index contributed by atoms with van der Waals surface area (Å²) in [4.78, 5) is 11.6. The van der Waals surface area contributed by atoms with Crippen LogP contribution in [0, 0.1) is 0 Å². The predicted molar refractivity (Wildman–Crippen MR) is 75.0 cm³/mol. The van der Waals surface area contributed by atoms with E-state index >= 15 is 0 Å². The smallest absolute Gasteiger partial charge is 0.296 e. The van der Waals surface area contributed by atoms with E-state index in [1.54, 1.807) is 18.2 Å². The number of rotatable bonds is 7. The number of hydrogen-bond donors (Lipinski definition) is 4. The molecule has 0 unspecified atom stereocenters. The highest BCUT2D eigenvalue weighted by atomic mass is 32.2. The van der Waals surface area contributed by atoms with Gasteiger partial charge in [0.2, 0.25) is 5.91 Å². The molecule has 1 aromatic rings. The van der Waals surface area contributed by atoms with Gasteiger partial charge in [-0.1, -0.05) is 6.07 Å². The van der Waals surface area contributed by atoms with Crippen LogP contribution in [0.25, 0.3) is 0 Å². The number of amides is 1. The highest BCUT2D eigenvalue weighted by Gasteiger charge is 2.05. The van der Waals surface area contributed by atoms with Gasteiger partial charge in [-0.15, -0.1) is 0 Å². The Morgan fingerprint density at radius 2 is 2.00 bits per heavy atom. The molecule has 0 heterocycles. The normalized spacial score (nSPS) is 11.1. The lowest BCUT2D eigenvalue weighted by molar-refractivity contribution is -0.116. The maximum atomic E-state index is 11.6. The number of carbonyl (C=O) groups excluding carboxylic acids is 1. The molecule has 1 rings (SSSR count). The highest BCUT2D eigenvalue weighted by Crippen LogP contribution is 2.15. The zero-order valence-electron chi connectivity index (χ0n) is 10.6. The second-order valence-electron chi connectivity index (χ2n) is 3.98. The third-order valence-corrected chi connectivity index (χ3v) is 2.76. The van der Waals surface area contributed by atoms with Gasteiger partial charge in [-0.25, -0.2) is 5.14 Å². The van der Waals surface area contributed by atoms with E-state index in [0.717, 1.165) is 13.0 Å². The summed E-state index contributed by atoms with van der Waals surface area (Å²) in [5, 5.41) is 10.5. The Hall–Kier alpha value is -1.64. The van der Waals surface area contributed by atoms with Crippen molar-refractivity contribution in [2.45, 2.75) is 12.8 Å². The third-order valence-electron chi connectivity index (χ3n) is 2.24. The number of carbonyl (C=O) groups is 1. The lowest BCUT2D eigenvalue weighted by atomic mass is 10.2. The van der Waals surface area contributed by atoms with E-state index in [-0.39, 0.29) is 5.91 Å². The molecule has 0 saturated carbocycles. The monoisotopic (exact) mass is 286 g/mol. The Kier molecular flexibility index (Phi) is 5.74. The Balaban J connectivity index is 2.59. The molecule has 8 heteroatoms. The van der Waals surface area contributed by atoms with Gasteiger partial charge >= 0.3 is 0 Å². The van der Waals surface area contributed by atoms with Crippen molar-refractivity contribution in [3.05, 3.63) is 24.3 Å². The largest absolute Gasteiger partial charge is 0.326 e. The van der Waals surface area contributed by atoms with Crippen LogP contribution < -0.4 is 20.5 Å². The number of nitrogens with two attached hydrogens (primary N) is 1. The molecule has 0 aliphatic carbocycles. The first-order valence-corrected chi connectivity index (χ1v) is 7.30. The van der Waals surface area contributed by atoms with Gasteiger partial charge in [0.15, 0.2) is 0 Å². The number of nitrogens with one attached hydrogen (secondary N) is 3. The van der Waals surface area contributed by atoms with E-state index in [9.17, 15) is 13.2 Å². The highest BCUT2D eigenvalue weighted by molar-refractivity contribution is 7.90. The van der Waals surface area contributed by atoms with Crippen LogP contribution in [-0.4, -0.2) is 27.9 Å². The van der Waals surface area contributed by atoms with Crippen molar-refractivity contribution in [1.82, 2.24) is 5.32 Å². The van der Waals surface area contributed by atoms with Gasteiger partial charge in [0.25, 0.3) is 10.2 Å². The fourth-order valence-corrected chi connectivity index (χ4v) is 1.93. The topological polar surface area (TPSA) is 113 Å². The molecule has 0 atom stereocenters. The van der Waals surface area contributed by atoms with E-state index in [0.29, 0.717) is 17.8 Å². The van der Waals surface area contributed by atoms with Crippen LogP contribution in [0.5, 0.6) is 0 Å². The summed E-state index contributed by atoms with van der Waals surface area (Å²) < 4.78 is 23.9. The molecule has 106 valence electrons. The van der Waals surface area contributed by atoms with E-state index in [1.807, 2.05) is 7.05 Å². The van der Waals surface area contributed by atoms with Crippen molar-refractivity contribution in [3.63, 3.8) is 0 Å². The molecule has 0 fully saturated rings. The van der Waals surface area contributed by atoms with E-state index in [4.69, 9.17) is 5.14 Å². The molecule has 19 heavy (non-hydrogen) atoms. The Morgan fingerprint density at radius 3 is 2.63 bits per heavy atom. The van der Waals surface area contributed by atoms with E-state index in [1.165, 1.54) is 6.07 Å². The second-order valence-corrected chi connectivity index (χ2v) is 5.28. The average Bonchev–Trinajstić information content (AvgIpc) is 2.27. The van der Waals surface area contributed by atoms with Gasteiger partial charge in [-0.2, -0.15) is 8.42 Å². The maximum Gasteiger partial charge on any atom is 0.296 e. The van der Waals surface area contributed by atoms with Gasteiger partial charge < -0.3 is 10.6 Å². The molecule has 0 bridgehead atoms. The van der Waals surface area contributed by atoms with Crippen molar-refractivity contribution in [2.24, 2.45) is 5.14 Å². The quantitative estimate of drug-likeness (QED) is 0.538. The first-order chi connectivity index (χ1) is 8.90. The minimum absolute atomic E-state index is 0.122. The van der Waals surface area contributed by atoms with Crippen LogP contribution in [-0.2, 0) is 15.0 Å². The molecular formula is C11H18N4O3S. The summed E-state index contributed by atoms with van der Waals surface area (Å²) in [6.07, 6.45) is 1.13. The van der Waals surface area contributed by atoms with Crippen LogP contribution in [0.4, 0.5) is 11.4 Å². The Labute approximate surface area is 112 Å². The van der Waals surface area contributed by atoms with Crippen molar-refractivity contribution >= 4 is 27.5 Å². The van der Waals surface area contributed by atoms with E-state index < -0.39 is 10.2 Å². The molecule has 0 aliphatic rings. The van der Waals surface area contributed by atoms with Crippen LogP contribution in [0.15, 0.2) is 24.3 Å². The Bertz CT molecular complexity index is 530. The molecule has 0 radical (unpaired) electrons. The molecule has 1 amide bonds. The summed E-state index contributed by atoms with van der Waals surface area (Å²) in [6, 6.07) is 6.34. The van der Waals surface area contributed by atoms with Crippen molar-refractivity contribution in [2.75, 3.05) is 23.6 Å². The molecule has 0 aliphatic heterocycles. The second kappa shape index (κ2) is 7.07. The zero-order chi connectivity index (χ0) is 14.3. The summed E-state index contributed by atoms with van der Waals surface area (Å²) in [6.45, 7) is 0.764. The minimum Gasteiger partial charge on any atom is -0.326 e. The first-order valence-electron chi connectivity index (χ1n) is 5.76.